The van der Waals surface area contributed by atoms with E-state index in [1.807, 2.05) is 59.2 Å². The van der Waals surface area contributed by atoms with Crippen LogP contribution in [0.15, 0.2) is 71.2 Å². The van der Waals surface area contributed by atoms with Gasteiger partial charge >= 0.3 is 6.03 Å². The molecule has 2 N–H and O–H groups in total. The number of fused-ring (bicyclic) bond motifs is 1. The molecule has 14 heteroatoms. The normalized spacial score (nSPS) is 11.2. The Labute approximate surface area is 259 Å². The third-order valence-electron chi connectivity index (χ3n) is 6.06. The summed E-state index contributed by atoms with van der Waals surface area (Å²) in [7, 11) is 0. The highest BCUT2D eigenvalue weighted by molar-refractivity contribution is 6.18. The standard InChI is InChI=1S/C28H32Cl3N9O2/c29-11-15-33-28(41)32-14-4-16-40-20-34-24-25(40)35-27(36-26(24)42-19-21-5-2-1-3-6-21)38-37-22-7-9-23(10-8-22)39(17-12-30)18-13-31/h1-3,5-10,20H,4,11-19H2,(H2,32,33,41). The lowest BCUT2D eigenvalue weighted by atomic mass is 10.2. The second-order valence-electron chi connectivity index (χ2n) is 9.02. The lowest BCUT2D eigenvalue weighted by Crippen LogP contribution is -2.37. The fourth-order valence-corrected chi connectivity index (χ4v) is 4.53. The minimum absolute atomic E-state index is 0.140. The van der Waals surface area contributed by atoms with E-state index in [0.29, 0.717) is 86.1 Å². The van der Waals surface area contributed by atoms with Crippen LogP contribution < -0.4 is 20.3 Å². The SMILES string of the molecule is O=C(NCCCl)NCCCn1cnc2c(OCc3ccccc3)nc(N=Nc3ccc(N(CCCl)CCCl)cc3)nc21. The number of nitrogens with zero attached hydrogens (tertiary/aromatic N) is 7. The van der Waals surface area contributed by atoms with Crippen molar-refractivity contribution in [1.29, 1.82) is 0 Å². The summed E-state index contributed by atoms with van der Waals surface area (Å²) >= 11 is 17.5. The third-order valence-corrected chi connectivity index (χ3v) is 6.59. The zero-order valence-corrected chi connectivity index (χ0v) is 25.2. The van der Waals surface area contributed by atoms with Gasteiger partial charge in [0.25, 0.3) is 5.95 Å². The first kappa shape index (κ1) is 31.3. The summed E-state index contributed by atoms with van der Waals surface area (Å²) in [6, 6.07) is 17.1. The first-order valence-electron chi connectivity index (χ1n) is 13.5. The molecule has 4 aromatic rings. The van der Waals surface area contributed by atoms with Gasteiger partial charge in [-0.15, -0.1) is 45.0 Å². The van der Waals surface area contributed by atoms with E-state index < -0.39 is 0 Å². The van der Waals surface area contributed by atoms with Gasteiger partial charge in [-0.05, 0) is 36.2 Å². The number of nitrogens with one attached hydrogen (secondary N) is 2. The molecule has 0 aliphatic rings. The molecule has 11 nitrogen and oxygen atoms in total. The predicted octanol–water partition coefficient (Wildman–Crippen LogP) is 6.03. The van der Waals surface area contributed by atoms with E-state index in [2.05, 4.69) is 40.7 Å². The van der Waals surface area contributed by atoms with Crippen molar-refractivity contribution in [2.75, 3.05) is 48.7 Å². The Bertz CT molecular complexity index is 1430. The van der Waals surface area contributed by atoms with E-state index in [0.717, 1.165) is 11.3 Å². The number of hydrogen-bond acceptors (Lipinski definition) is 8. The molecule has 0 aliphatic heterocycles. The first-order valence-corrected chi connectivity index (χ1v) is 15.1. The molecule has 2 amide bonds. The second kappa shape index (κ2) is 16.7. The summed E-state index contributed by atoms with van der Waals surface area (Å²) < 4.78 is 7.94. The fourth-order valence-electron chi connectivity index (χ4n) is 4.02. The molecule has 0 fully saturated rings. The number of azo groups is 1. The number of ether oxygens (including phenoxy) is 1. The monoisotopic (exact) mass is 631 g/mol. The van der Waals surface area contributed by atoms with Crippen LogP contribution in [-0.2, 0) is 13.2 Å². The van der Waals surface area contributed by atoms with Crippen LogP contribution in [0.1, 0.15) is 12.0 Å². The van der Waals surface area contributed by atoms with E-state index in [1.54, 1.807) is 6.33 Å². The highest BCUT2D eigenvalue weighted by Crippen LogP contribution is 2.27. The van der Waals surface area contributed by atoms with Gasteiger partial charge in [0, 0.05) is 56.1 Å². The zero-order valence-electron chi connectivity index (χ0n) is 22.9. The van der Waals surface area contributed by atoms with Crippen molar-refractivity contribution in [3.05, 3.63) is 66.5 Å². The maximum Gasteiger partial charge on any atom is 0.314 e. The molecule has 2 aromatic carbocycles. The van der Waals surface area contributed by atoms with E-state index in [4.69, 9.17) is 39.5 Å². The molecule has 222 valence electrons. The molecule has 0 radical (unpaired) electrons. The number of imidazole rings is 1. The number of aromatic nitrogens is 4. The number of carbonyl (C=O) groups excluding carboxylic acids is 1. The number of benzene rings is 2. The number of anilines is 1. The van der Waals surface area contributed by atoms with E-state index >= 15 is 0 Å². The van der Waals surface area contributed by atoms with Gasteiger partial charge in [0.1, 0.15) is 6.61 Å². The van der Waals surface area contributed by atoms with Gasteiger partial charge in [-0.1, -0.05) is 30.3 Å². The number of urea groups is 1. The number of carbonyl (C=O) groups is 1. The smallest absolute Gasteiger partial charge is 0.314 e. The number of aryl methyl sites for hydroxylation is 1. The average molecular weight is 633 g/mol. The minimum Gasteiger partial charge on any atom is -0.471 e. The van der Waals surface area contributed by atoms with Crippen molar-refractivity contribution in [2.45, 2.75) is 19.6 Å². The lowest BCUT2D eigenvalue weighted by molar-refractivity contribution is 0.241. The quantitative estimate of drug-likeness (QED) is 0.0883. The Kier molecular flexibility index (Phi) is 12.4. The number of alkyl halides is 3. The third kappa shape index (κ3) is 9.17. The van der Waals surface area contributed by atoms with E-state index in [9.17, 15) is 4.79 Å². The van der Waals surface area contributed by atoms with Crippen molar-refractivity contribution in [3.8, 4) is 5.88 Å². The van der Waals surface area contributed by atoms with Crippen LogP contribution in [0, 0.1) is 0 Å². The van der Waals surface area contributed by atoms with Crippen molar-refractivity contribution in [3.63, 3.8) is 0 Å². The Morgan fingerprint density at radius 1 is 0.905 bits per heavy atom. The Morgan fingerprint density at radius 3 is 2.36 bits per heavy atom. The maximum atomic E-state index is 11.8. The van der Waals surface area contributed by atoms with Gasteiger partial charge in [0.05, 0.1) is 12.0 Å². The Balaban J connectivity index is 1.52. The second-order valence-corrected chi connectivity index (χ2v) is 10.2. The highest BCUT2D eigenvalue weighted by Gasteiger charge is 2.15. The summed E-state index contributed by atoms with van der Waals surface area (Å²) in [5.41, 5.74) is 3.70. The van der Waals surface area contributed by atoms with Gasteiger partial charge in [-0.2, -0.15) is 9.97 Å². The van der Waals surface area contributed by atoms with E-state index in [-0.39, 0.29) is 12.0 Å². The summed E-state index contributed by atoms with van der Waals surface area (Å²) in [5.74, 6) is 1.81. The molecule has 0 unspecified atom stereocenters. The van der Waals surface area contributed by atoms with Gasteiger partial charge in [-0.3, -0.25) is 0 Å². The first-order chi connectivity index (χ1) is 20.6. The molecule has 2 heterocycles. The molecule has 4 rings (SSSR count). The summed E-state index contributed by atoms with van der Waals surface area (Å²) in [6.45, 7) is 3.12. The van der Waals surface area contributed by atoms with Crippen molar-refractivity contribution >= 4 is 69.3 Å². The fraction of sp³-hybridized carbons (Fsp3) is 0.357. The molecule has 42 heavy (non-hydrogen) atoms. The largest absolute Gasteiger partial charge is 0.471 e. The maximum absolute atomic E-state index is 11.8. The number of rotatable bonds is 16. The van der Waals surface area contributed by atoms with Crippen LogP contribution >= 0.6 is 34.8 Å². The van der Waals surface area contributed by atoms with Gasteiger partial charge in [-0.25, -0.2) is 9.78 Å². The molecule has 2 aromatic heterocycles. The number of halogens is 3. The van der Waals surface area contributed by atoms with Gasteiger partial charge < -0.3 is 24.8 Å². The predicted molar refractivity (Wildman–Crippen MR) is 167 cm³/mol. The van der Waals surface area contributed by atoms with Crippen molar-refractivity contribution < 1.29 is 9.53 Å². The van der Waals surface area contributed by atoms with Crippen LogP contribution in [0.4, 0.5) is 22.1 Å². The molecular weight excluding hydrogens is 601 g/mol. The molecule has 0 bridgehead atoms. The van der Waals surface area contributed by atoms with Gasteiger partial charge in [0.15, 0.2) is 11.2 Å². The molecule has 0 atom stereocenters. The van der Waals surface area contributed by atoms with Crippen LogP contribution in [0.2, 0.25) is 0 Å². The van der Waals surface area contributed by atoms with Crippen molar-refractivity contribution in [2.24, 2.45) is 10.2 Å². The van der Waals surface area contributed by atoms with Crippen LogP contribution in [-0.4, -0.2) is 69.4 Å². The van der Waals surface area contributed by atoms with Crippen LogP contribution in [0.5, 0.6) is 5.88 Å². The van der Waals surface area contributed by atoms with Crippen LogP contribution in [0.3, 0.4) is 0 Å². The molecule has 0 saturated heterocycles. The van der Waals surface area contributed by atoms with Crippen LogP contribution in [0.25, 0.3) is 11.2 Å². The summed E-state index contributed by atoms with van der Waals surface area (Å²) in [5, 5.41) is 14.1. The molecular formula is C28H32Cl3N9O2. The number of amides is 2. The Hall–Kier alpha value is -3.67. The molecule has 0 spiro atoms. The molecule has 0 aliphatic carbocycles. The van der Waals surface area contributed by atoms with Crippen molar-refractivity contribution in [1.82, 2.24) is 30.2 Å². The van der Waals surface area contributed by atoms with E-state index in [1.165, 1.54) is 0 Å². The Morgan fingerprint density at radius 2 is 1.64 bits per heavy atom. The number of hydrogen-bond donors (Lipinski definition) is 2. The summed E-state index contributed by atoms with van der Waals surface area (Å²) in [4.78, 5) is 27.5. The average Bonchev–Trinajstić information content (AvgIpc) is 3.43. The lowest BCUT2D eigenvalue weighted by Gasteiger charge is -2.22. The topological polar surface area (TPSA) is 122 Å². The van der Waals surface area contributed by atoms with Gasteiger partial charge in [0.2, 0.25) is 5.88 Å². The minimum atomic E-state index is -0.258. The summed E-state index contributed by atoms with van der Waals surface area (Å²) in [6.07, 6.45) is 2.33. The highest BCUT2D eigenvalue weighted by atomic mass is 35.5. The zero-order chi connectivity index (χ0) is 29.6. The molecule has 0 saturated carbocycles.